The highest BCUT2D eigenvalue weighted by Gasteiger charge is 2.37. The Balaban J connectivity index is 2.19. The van der Waals surface area contributed by atoms with Gasteiger partial charge in [0, 0.05) is 0 Å². The van der Waals surface area contributed by atoms with Crippen molar-refractivity contribution in [1.29, 1.82) is 0 Å². The molecule has 1 aliphatic rings. The summed E-state index contributed by atoms with van der Waals surface area (Å²) in [6.45, 7) is 2.17. The van der Waals surface area contributed by atoms with E-state index in [-0.39, 0.29) is 5.82 Å². The third-order valence-electron chi connectivity index (χ3n) is 2.75. The molecule has 0 aromatic heterocycles. The van der Waals surface area contributed by atoms with E-state index in [4.69, 9.17) is 0 Å². The van der Waals surface area contributed by atoms with Crippen LogP contribution in [0.2, 0.25) is 0 Å². The van der Waals surface area contributed by atoms with Crippen LogP contribution < -0.4 is 0 Å². The standard InChI is InChI=1S/C11H13F/c1-2-8-7-10(8)9-5-3-4-6-11(9)12/h3-6,8,10H,2,7H2,1H3. The lowest BCUT2D eigenvalue weighted by molar-refractivity contribution is 0.604. The van der Waals surface area contributed by atoms with Gasteiger partial charge in [-0.25, -0.2) is 4.39 Å². The zero-order valence-electron chi connectivity index (χ0n) is 7.26. The number of hydrogen-bond acceptors (Lipinski definition) is 0. The molecule has 0 amide bonds. The largest absolute Gasteiger partial charge is 0.207 e. The van der Waals surface area contributed by atoms with Gasteiger partial charge < -0.3 is 0 Å². The summed E-state index contributed by atoms with van der Waals surface area (Å²) in [4.78, 5) is 0. The van der Waals surface area contributed by atoms with Crippen molar-refractivity contribution in [3.63, 3.8) is 0 Å². The van der Waals surface area contributed by atoms with Crippen molar-refractivity contribution < 1.29 is 4.39 Å². The summed E-state index contributed by atoms with van der Waals surface area (Å²) < 4.78 is 13.2. The second kappa shape index (κ2) is 2.89. The lowest BCUT2D eigenvalue weighted by Gasteiger charge is -1.99. The summed E-state index contributed by atoms with van der Waals surface area (Å²) in [7, 11) is 0. The van der Waals surface area contributed by atoms with Gasteiger partial charge in [0.15, 0.2) is 0 Å². The van der Waals surface area contributed by atoms with Crippen LogP contribution in [0.15, 0.2) is 24.3 Å². The van der Waals surface area contributed by atoms with Crippen molar-refractivity contribution in [3.05, 3.63) is 35.6 Å². The summed E-state index contributed by atoms with van der Waals surface area (Å²) in [6, 6.07) is 7.14. The number of halogens is 1. The lowest BCUT2D eigenvalue weighted by atomic mass is 10.1. The first-order valence-electron chi connectivity index (χ1n) is 4.57. The van der Waals surface area contributed by atoms with E-state index in [9.17, 15) is 4.39 Å². The van der Waals surface area contributed by atoms with Gasteiger partial charge in [0.05, 0.1) is 0 Å². The molecule has 0 bridgehead atoms. The van der Waals surface area contributed by atoms with Crippen molar-refractivity contribution in [1.82, 2.24) is 0 Å². The second-order valence-electron chi connectivity index (χ2n) is 3.53. The molecule has 0 N–H and O–H groups in total. The molecule has 0 saturated heterocycles. The van der Waals surface area contributed by atoms with Crippen LogP contribution in [0.4, 0.5) is 4.39 Å². The molecular formula is C11H13F. The maximum Gasteiger partial charge on any atom is 0.126 e. The van der Waals surface area contributed by atoms with E-state index in [1.807, 2.05) is 12.1 Å². The van der Waals surface area contributed by atoms with Crippen LogP contribution in [0.5, 0.6) is 0 Å². The fourth-order valence-electron chi connectivity index (χ4n) is 1.86. The summed E-state index contributed by atoms with van der Waals surface area (Å²) >= 11 is 0. The van der Waals surface area contributed by atoms with Crippen molar-refractivity contribution >= 4 is 0 Å². The Morgan fingerprint density at radius 2 is 2.17 bits per heavy atom. The Hall–Kier alpha value is -0.850. The molecule has 2 atom stereocenters. The van der Waals surface area contributed by atoms with Crippen molar-refractivity contribution in [2.75, 3.05) is 0 Å². The minimum atomic E-state index is -0.0292. The molecule has 2 unspecified atom stereocenters. The van der Waals surface area contributed by atoms with Gasteiger partial charge in [0.25, 0.3) is 0 Å². The smallest absolute Gasteiger partial charge is 0.126 e. The van der Waals surface area contributed by atoms with Crippen LogP contribution in [0.1, 0.15) is 31.2 Å². The molecule has 1 aromatic rings. The molecule has 1 saturated carbocycles. The third kappa shape index (κ3) is 1.24. The van der Waals surface area contributed by atoms with Crippen LogP contribution in [-0.2, 0) is 0 Å². The van der Waals surface area contributed by atoms with Crippen LogP contribution in [0.3, 0.4) is 0 Å². The van der Waals surface area contributed by atoms with Crippen LogP contribution in [0, 0.1) is 11.7 Å². The van der Waals surface area contributed by atoms with E-state index in [1.165, 1.54) is 12.8 Å². The second-order valence-corrected chi connectivity index (χ2v) is 3.53. The topological polar surface area (TPSA) is 0 Å². The molecule has 1 heteroatoms. The molecule has 64 valence electrons. The van der Waals surface area contributed by atoms with Gasteiger partial charge in [-0.3, -0.25) is 0 Å². The highest BCUT2D eigenvalue weighted by molar-refractivity contribution is 5.27. The zero-order valence-corrected chi connectivity index (χ0v) is 7.26. The maximum absolute atomic E-state index is 13.2. The summed E-state index contributed by atoms with van der Waals surface area (Å²) in [5.74, 6) is 1.22. The Morgan fingerprint density at radius 3 is 2.75 bits per heavy atom. The zero-order chi connectivity index (χ0) is 8.55. The van der Waals surface area contributed by atoms with Crippen molar-refractivity contribution in [3.8, 4) is 0 Å². The Labute approximate surface area is 72.4 Å². The Kier molecular flexibility index (Phi) is 1.87. The van der Waals surface area contributed by atoms with E-state index >= 15 is 0 Å². The Morgan fingerprint density at radius 1 is 1.42 bits per heavy atom. The van der Waals surface area contributed by atoms with Crippen LogP contribution in [0.25, 0.3) is 0 Å². The van der Waals surface area contributed by atoms with Gasteiger partial charge in [0.1, 0.15) is 5.82 Å². The number of hydrogen-bond donors (Lipinski definition) is 0. The van der Waals surface area contributed by atoms with Crippen LogP contribution >= 0.6 is 0 Å². The molecule has 1 aromatic carbocycles. The predicted molar refractivity (Wildman–Crippen MR) is 47.5 cm³/mol. The van der Waals surface area contributed by atoms with Crippen molar-refractivity contribution in [2.45, 2.75) is 25.7 Å². The minimum absolute atomic E-state index is 0.0292. The molecular weight excluding hydrogens is 151 g/mol. The SMILES string of the molecule is CCC1CC1c1ccccc1F. The van der Waals surface area contributed by atoms with Gasteiger partial charge in [-0.1, -0.05) is 31.5 Å². The van der Waals surface area contributed by atoms with Gasteiger partial charge in [-0.15, -0.1) is 0 Å². The predicted octanol–water partition coefficient (Wildman–Crippen LogP) is 3.34. The molecule has 0 heterocycles. The fourth-order valence-corrected chi connectivity index (χ4v) is 1.86. The van der Waals surface area contributed by atoms with Crippen molar-refractivity contribution in [2.24, 2.45) is 5.92 Å². The average molecular weight is 164 g/mol. The molecule has 0 radical (unpaired) electrons. The summed E-state index contributed by atoms with van der Waals surface area (Å²) in [5.41, 5.74) is 0.921. The summed E-state index contributed by atoms with van der Waals surface area (Å²) in [5, 5.41) is 0. The highest BCUT2D eigenvalue weighted by atomic mass is 19.1. The highest BCUT2D eigenvalue weighted by Crippen LogP contribution is 2.49. The van der Waals surface area contributed by atoms with Gasteiger partial charge in [-0.2, -0.15) is 0 Å². The first-order chi connectivity index (χ1) is 5.83. The van der Waals surface area contributed by atoms with E-state index < -0.39 is 0 Å². The molecule has 1 fully saturated rings. The third-order valence-corrected chi connectivity index (χ3v) is 2.75. The lowest BCUT2D eigenvalue weighted by Crippen LogP contribution is -1.87. The molecule has 0 spiro atoms. The molecule has 1 aliphatic carbocycles. The maximum atomic E-state index is 13.2. The molecule has 0 aliphatic heterocycles. The van der Waals surface area contributed by atoms with E-state index in [0.29, 0.717) is 5.92 Å². The van der Waals surface area contributed by atoms with E-state index in [2.05, 4.69) is 6.92 Å². The average Bonchev–Trinajstić information content (AvgIpc) is 2.84. The van der Waals surface area contributed by atoms with Gasteiger partial charge in [0.2, 0.25) is 0 Å². The van der Waals surface area contributed by atoms with E-state index in [1.54, 1.807) is 12.1 Å². The monoisotopic (exact) mass is 164 g/mol. The first kappa shape index (κ1) is 7.78. The number of rotatable bonds is 2. The fraction of sp³-hybridized carbons (Fsp3) is 0.455. The quantitative estimate of drug-likeness (QED) is 0.629. The summed E-state index contributed by atoms with van der Waals surface area (Å²) in [6.07, 6.45) is 2.36. The van der Waals surface area contributed by atoms with Crippen LogP contribution in [-0.4, -0.2) is 0 Å². The number of benzene rings is 1. The van der Waals surface area contributed by atoms with E-state index in [0.717, 1.165) is 11.5 Å². The normalized spacial score (nSPS) is 27.2. The molecule has 12 heavy (non-hydrogen) atoms. The molecule has 0 nitrogen and oxygen atoms in total. The Bertz CT molecular complexity index is 280. The van der Waals surface area contributed by atoms with Gasteiger partial charge in [-0.05, 0) is 29.9 Å². The molecule has 2 rings (SSSR count). The van der Waals surface area contributed by atoms with Gasteiger partial charge >= 0.3 is 0 Å². The first-order valence-corrected chi connectivity index (χ1v) is 4.57. The minimum Gasteiger partial charge on any atom is -0.207 e.